The summed E-state index contributed by atoms with van der Waals surface area (Å²) in [5, 5.41) is 0. The molecule has 2 atom stereocenters. The van der Waals surface area contributed by atoms with E-state index in [9.17, 15) is 4.79 Å². The highest BCUT2D eigenvalue weighted by molar-refractivity contribution is 9.10. The predicted octanol–water partition coefficient (Wildman–Crippen LogP) is 2.72. The number of rotatable bonds is 4. The molecule has 2 rings (SSSR count). The molecule has 116 valence electrons. The van der Waals surface area contributed by atoms with Crippen LogP contribution in [-0.2, 0) is 9.53 Å². The van der Waals surface area contributed by atoms with Crippen molar-refractivity contribution in [1.82, 2.24) is 4.90 Å². The van der Waals surface area contributed by atoms with Crippen LogP contribution >= 0.6 is 15.9 Å². The molecule has 0 bridgehead atoms. The van der Waals surface area contributed by atoms with Gasteiger partial charge in [-0.05, 0) is 30.0 Å². The Morgan fingerprint density at radius 3 is 2.95 bits per heavy atom. The van der Waals surface area contributed by atoms with Crippen LogP contribution in [0.5, 0.6) is 0 Å². The molecule has 0 aromatic heterocycles. The second-order valence-electron chi connectivity index (χ2n) is 5.93. The highest BCUT2D eigenvalue weighted by atomic mass is 79.9. The number of hydrogen-bond donors (Lipinski definition) is 1. The van der Waals surface area contributed by atoms with Crippen LogP contribution in [0.25, 0.3) is 0 Å². The summed E-state index contributed by atoms with van der Waals surface area (Å²) in [6, 6.07) is 7.61. The van der Waals surface area contributed by atoms with Gasteiger partial charge in [0.05, 0.1) is 19.2 Å². The molecular formula is C16H23BrN2O2. The van der Waals surface area contributed by atoms with Crippen LogP contribution < -0.4 is 5.73 Å². The Morgan fingerprint density at radius 2 is 2.29 bits per heavy atom. The lowest BCUT2D eigenvalue weighted by Crippen LogP contribution is -2.49. The maximum atomic E-state index is 12.4. The topological polar surface area (TPSA) is 55.6 Å². The lowest BCUT2D eigenvalue weighted by molar-refractivity contribution is -0.140. The van der Waals surface area contributed by atoms with Gasteiger partial charge in [-0.3, -0.25) is 4.79 Å². The predicted molar refractivity (Wildman–Crippen MR) is 86.8 cm³/mol. The molecule has 0 saturated carbocycles. The first-order valence-electron chi connectivity index (χ1n) is 7.39. The van der Waals surface area contributed by atoms with Crippen molar-refractivity contribution in [2.75, 3.05) is 19.7 Å². The highest BCUT2D eigenvalue weighted by Crippen LogP contribution is 2.25. The van der Waals surface area contributed by atoms with Gasteiger partial charge in [-0.15, -0.1) is 0 Å². The summed E-state index contributed by atoms with van der Waals surface area (Å²) in [7, 11) is 0. The average molecular weight is 355 g/mol. The fourth-order valence-corrected chi connectivity index (χ4v) is 3.02. The lowest BCUT2D eigenvalue weighted by Gasteiger charge is -2.35. The number of benzene rings is 1. The third-order valence-electron chi connectivity index (χ3n) is 3.64. The standard InChI is InChI=1S/C16H23BrN2O2/c1-11(2)8-14(18)16(20)19-6-7-21-15(10-19)12-4-3-5-13(17)9-12/h3-5,9,11,14-15H,6-8,10,18H2,1-2H3/t14-,15?/m0/s1. The zero-order valence-corrected chi connectivity index (χ0v) is 14.2. The van der Waals surface area contributed by atoms with E-state index in [1.807, 2.05) is 29.2 Å². The second-order valence-corrected chi connectivity index (χ2v) is 6.85. The minimum absolute atomic E-state index is 0.0343. The summed E-state index contributed by atoms with van der Waals surface area (Å²) in [6.07, 6.45) is 0.643. The largest absolute Gasteiger partial charge is 0.370 e. The molecule has 1 amide bonds. The minimum Gasteiger partial charge on any atom is -0.370 e. The first kappa shape index (κ1) is 16.5. The molecule has 5 heteroatoms. The summed E-state index contributed by atoms with van der Waals surface area (Å²) >= 11 is 3.47. The van der Waals surface area contributed by atoms with Gasteiger partial charge >= 0.3 is 0 Å². The maximum Gasteiger partial charge on any atom is 0.239 e. The molecule has 21 heavy (non-hydrogen) atoms. The summed E-state index contributed by atoms with van der Waals surface area (Å²) in [5.74, 6) is 0.456. The van der Waals surface area contributed by atoms with Crippen molar-refractivity contribution in [1.29, 1.82) is 0 Å². The minimum atomic E-state index is -0.411. The van der Waals surface area contributed by atoms with Gasteiger partial charge < -0.3 is 15.4 Å². The maximum absolute atomic E-state index is 12.4. The van der Waals surface area contributed by atoms with Crippen molar-refractivity contribution in [3.05, 3.63) is 34.3 Å². The first-order chi connectivity index (χ1) is 9.97. The van der Waals surface area contributed by atoms with Gasteiger partial charge in [0.1, 0.15) is 6.10 Å². The Bertz CT molecular complexity index is 493. The van der Waals surface area contributed by atoms with Crippen molar-refractivity contribution in [2.24, 2.45) is 11.7 Å². The molecule has 1 aromatic carbocycles. The van der Waals surface area contributed by atoms with Gasteiger partial charge in [0.25, 0.3) is 0 Å². The summed E-state index contributed by atoms with van der Waals surface area (Å²) in [4.78, 5) is 14.2. The Labute approximate surface area is 134 Å². The van der Waals surface area contributed by atoms with Crippen LogP contribution in [0.1, 0.15) is 31.9 Å². The van der Waals surface area contributed by atoms with E-state index in [-0.39, 0.29) is 12.0 Å². The molecule has 2 N–H and O–H groups in total. The van der Waals surface area contributed by atoms with E-state index in [2.05, 4.69) is 29.8 Å². The van der Waals surface area contributed by atoms with Crippen LogP contribution in [0.4, 0.5) is 0 Å². The monoisotopic (exact) mass is 354 g/mol. The molecular weight excluding hydrogens is 332 g/mol. The Morgan fingerprint density at radius 1 is 1.52 bits per heavy atom. The SMILES string of the molecule is CC(C)C[C@H](N)C(=O)N1CCOC(c2cccc(Br)c2)C1. The summed E-state index contributed by atoms with van der Waals surface area (Å²) in [6.45, 7) is 5.90. The first-order valence-corrected chi connectivity index (χ1v) is 8.18. The molecule has 1 unspecified atom stereocenters. The number of carbonyl (C=O) groups excluding carboxylic acids is 1. The van der Waals surface area contributed by atoms with E-state index in [1.165, 1.54) is 0 Å². The normalized spacial score (nSPS) is 20.6. The van der Waals surface area contributed by atoms with E-state index < -0.39 is 6.04 Å². The molecule has 1 aromatic rings. The molecule has 0 spiro atoms. The van der Waals surface area contributed by atoms with Gasteiger partial charge in [0, 0.05) is 11.0 Å². The van der Waals surface area contributed by atoms with E-state index >= 15 is 0 Å². The number of amides is 1. The number of nitrogens with zero attached hydrogens (tertiary/aromatic N) is 1. The molecule has 0 radical (unpaired) electrons. The summed E-state index contributed by atoms with van der Waals surface area (Å²) in [5.41, 5.74) is 7.10. The molecule has 1 fully saturated rings. The Balaban J connectivity index is 2.02. The fraction of sp³-hybridized carbons (Fsp3) is 0.562. The Hall–Kier alpha value is -0.910. The average Bonchev–Trinajstić information content (AvgIpc) is 2.46. The van der Waals surface area contributed by atoms with Crippen molar-refractivity contribution in [3.63, 3.8) is 0 Å². The van der Waals surface area contributed by atoms with Crippen LogP contribution in [0.3, 0.4) is 0 Å². The zero-order valence-electron chi connectivity index (χ0n) is 12.6. The van der Waals surface area contributed by atoms with Crippen molar-refractivity contribution in [3.8, 4) is 0 Å². The number of ether oxygens (including phenoxy) is 1. The van der Waals surface area contributed by atoms with Crippen LogP contribution in [0.2, 0.25) is 0 Å². The molecule has 1 heterocycles. The third-order valence-corrected chi connectivity index (χ3v) is 4.13. The smallest absolute Gasteiger partial charge is 0.239 e. The number of hydrogen-bond acceptors (Lipinski definition) is 3. The van der Waals surface area contributed by atoms with Crippen LogP contribution in [-0.4, -0.2) is 36.5 Å². The van der Waals surface area contributed by atoms with Crippen molar-refractivity contribution in [2.45, 2.75) is 32.4 Å². The van der Waals surface area contributed by atoms with Gasteiger partial charge in [-0.2, -0.15) is 0 Å². The lowest BCUT2D eigenvalue weighted by atomic mass is 10.0. The molecule has 1 aliphatic heterocycles. The van der Waals surface area contributed by atoms with E-state index in [4.69, 9.17) is 10.5 Å². The van der Waals surface area contributed by atoms with E-state index in [1.54, 1.807) is 0 Å². The summed E-state index contributed by atoms with van der Waals surface area (Å²) < 4.78 is 6.82. The van der Waals surface area contributed by atoms with Crippen molar-refractivity contribution < 1.29 is 9.53 Å². The third kappa shape index (κ3) is 4.53. The van der Waals surface area contributed by atoms with Crippen molar-refractivity contribution >= 4 is 21.8 Å². The quantitative estimate of drug-likeness (QED) is 0.904. The molecule has 4 nitrogen and oxygen atoms in total. The molecule has 1 aliphatic rings. The van der Waals surface area contributed by atoms with Gasteiger partial charge in [0.2, 0.25) is 5.91 Å². The second kappa shape index (κ2) is 7.38. The number of halogens is 1. The van der Waals surface area contributed by atoms with Gasteiger partial charge in [-0.25, -0.2) is 0 Å². The number of carbonyl (C=O) groups is 1. The van der Waals surface area contributed by atoms with Crippen LogP contribution in [0.15, 0.2) is 28.7 Å². The number of nitrogens with two attached hydrogens (primary N) is 1. The van der Waals surface area contributed by atoms with E-state index in [0.29, 0.717) is 25.6 Å². The van der Waals surface area contributed by atoms with E-state index in [0.717, 1.165) is 16.5 Å². The molecule has 1 saturated heterocycles. The Kier molecular flexibility index (Phi) is 5.79. The fourth-order valence-electron chi connectivity index (χ4n) is 2.60. The van der Waals surface area contributed by atoms with Gasteiger partial charge in [0.15, 0.2) is 0 Å². The molecule has 0 aliphatic carbocycles. The zero-order chi connectivity index (χ0) is 15.4. The van der Waals surface area contributed by atoms with Gasteiger partial charge in [-0.1, -0.05) is 41.9 Å². The number of morpholine rings is 1. The highest BCUT2D eigenvalue weighted by Gasteiger charge is 2.28. The van der Waals surface area contributed by atoms with Crippen LogP contribution in [0, 0.1) is 5.92 Å².